The van der Waals surface area contributed by atoms with Gasteiger partial charge in [-0.05, 0) is 36.6 Å². The van der Waals surface area contributed by atoms with Crippen molar-refractivity contribution in [2.45, 2.75) is 25.3 Å². The average molecular weight is 352 g/mol. The minimum Gasteiger partial charge on any atom is -0.341 e. The molecule has 0 radical (unpaired) electrons. The van der Waals surface area contributed by atoms with E-state index in [9.17, 15) is 9.18 Å². The van der Waals surface area contributed by atoms with Crippen LogP contribution in [0.1, 0.15) is 18.4 Å². The molecule has 3 nitrogen and oxygen atoms in total. The molecule has 1 aromatic carbocycles. The Balaban J connectivity index is 0.00000180. The van der Waals surface area contributed by atoms with Gasteiger partial charge in [-0.1, -0.05) is 15.9 Å². The molecular formula is C13H17BrClFN2O. The Morgan fingerprint density at radius 3 is 2.95 bits per heavy atom. The van der Waals surface area contributed by atoms with Gasteiger partial charge in [0.2, 0.25) is 5.91 Å². The zero-order valence-electron chi connectivity index (χ0n) is 10.4. The van der Waals surface area contributed by atoms with Crippen LogP contribution >= 0.6 is 28.3 Å². The number of amides is 1. The Morgan fingerprint density at radius 1 is 1.53 bits per heavy atom. The standard InChI is InChI=1S/C13H16BrFN2O.ClH/c14-10-3-4-12(15)9(6-10)7-13(18)17-5-1-2-11(16)8-17;/h3-4,6,11H,1-2,5,7-8,16H2;1H/t11-;/m1./s1. The maximum atomic E-state index is 13.6. The largest absolute Gasteiger partial charge is 0.341 e. The highest BCUT2D eigenvalue weighted by Gasteiger charge is 2.22. The van der Waals surface area contributed by atoms with Crippen LogP contribution in [0.25, 0.3) is 0 Å². The van der Waals surface area contributed by atoms with Gasteiger partial charge in [-0.15, -0.1) is 12.4 Å². The van der Waals surface area contributed by atoms with E-state index in [1.165, 1.54) is 6.07 Å². The summed E-state index contributed by atoms with van der Waals surface area (Å²) in [4.78, 5) is 13.8. The van der Waals surface area contributed by atoms with E-state index in [1.807, 2.05) is 0 Å². The number of likely N-dealkylation sites (tertiary alicyclic amines) is 1. The summed E-state index contributed by atoms with van der Waals surface area (Å²) in [6, 6.07) is 4.70. The summed E-state index contributed by atoms with van der Waals surface area (Å²) in [6.07, 6.45) is 1.97. The fourth-order valence-electron chi connectivity index (χ4n) is 2.19. The van der Waals surface area contributed by atoms with Crippen molar-refractivity contribution in [1.82, 2.24) is 4.90 Å². The van der Waals surface area contributed by atoms with Crippen LogP contribution in [-0.2, 0) is 11.2 Å². The fourth-order valence-corrected chi connectivity index (χ4v) is 2.60. The fraction of sp³-hybridized carbons (Fsp3) is 0.462. The monoisotopic (exact) mass is 350 g/mol. The molecule has 19 heavy (non-hydrogen) atoms. The molecule has 0 aromatic heterocycles. The minimum atomic E-state index is -0.340. The molecule has 1 aromatic rings. The van der Waals surface area contributed by atoms with Gasteiger partial charge >= 0.3 is 0 Å². The summed E-state index contributed by atoms with van der Waals surface area (Å²) in [5.74, 6) is -0.394. The van der Waals surface area contributed by atoms with E-state index < -0.39 is 0 Å². The van der Waals surface area contributed by atoms with Crippen LogP contribution in [0.15, 0.2) is 22.7 Å². The maximum Gasteiger partial charge on any atom is 0.227 e. The average Bonchev–Trinajstić information content (AvgIpc) is 2.34. The molecule has 0 spiro atoms. The van der Waals surface area contributed by atoms with Crippen LogP contribution < -0.4 is 5.73 Å². The molecular weight excluding hydrogens is 335 g/mol. The summed E-state index contributed by atoms with van der Waals surface area (Å²) >= 11 is 3.28. The van der Waals surface area contributed by atoms with E-state index in [1.54, 1.807) is 17.0 Å². The molecule has 1 heterocycles. The predicted octanol–water partition coefficient (Wildman–Crippen LogP) is 2.50. The van der Waals surface area contributed by atoms with Gasteiger partial charge in [-0.2, -0.15) is 0 Å². The highest BCUT2D eigenvalue weighted by atomic mass is 79.9. The van der Waals surface area contributed by atoms with Gasteiger partial charge in [0.25, 0.3) is 0 Å². The first-order valence-electron chi connectivity index (χ1n) is 6.03. The van der Waals surface area contributed by atoms with Gasteiger partial charge in [-0.3, -0.25) is 4.79 Å². The van der Waals surface area contributed by atoms with Crippen molar-refractivity contribution < 1.29 is 9.18 Å². The molecule has 1 atom stereocenters. The summed E-state index contributed by atoms with van der Waals surface area (Å²) < 4.78 is 14.3. The van der Waals surface area contributed by atoms with Gasteiger partial charge in [0, 0.05) is 23.6 Å². The third-order valence-corrected chi connectivity index (χ3v) is 3.65. The Bertz CT molecular complexity index is 458. The van der Waals surface area contributed by atoms with E-state index in [4.69, 9.17) is 5.73 Å². The van der Waals surface area contributed by atoms with Gasteiger partial charge in [0.05, 0.1) is 6.42 Å². The zero-order valence-corrected chi connectivity index (χ0v) is 12.8. The first-order chi connectivity index (χ1) is 8.56. The molecule has 106 valence electrons. The lowest BCUT2D eigenvalue weighted by molar-refractivity contribution is -0.131. The van der Waals surface area contributed by atoms with Crippen LogP contribution in [-0.4, -0.2) is 29.9 Å². The van der Waals surface area contributed by atoms with E-state index in [0.717, 1.165) is 23.9 Å². The smallest absolute Gasteiger partial charge is 0.227 e. The summed E-state index contributed by atoms with van der Waals surface area (Å²) in [5, 5.41) is 0. The number of nitrogens with zero attached hydrogens (tertiary/aromatic N) is 1. The molecule has 1 aliphatic heterocycles. The highest BCUT2D eigenvalue weighted by Crippen LogP contribution is 2.17. The first kappa shape index (κ1) is 16.4. The van der Waals surface area contributed by atoms with E-state index in [2.05, 4.69) is 15.9 Å². The molecule has 6 heteroatoms. The van der Waals surface area contributed by atoms with Gasteiger partial charge < -0.3 is 10.6 Å². The first-order valence-corrected chi connectivity index (χ1v) is 6.83. The summed E-state index contributed by atoms with van der Waals surface area (Å²) in [6.45, 7) is 1.30. The number of rotatable bonds is 2. The van der Waals surface area contributed by atoms with Gasteiger partial charge in [0.1, 0.15) is 5.82 Å². The van der Waals surface area contributed by atoms with Crippen molar-refractivity contribution in [3.63, 3.8) is 0 Å². The third kappa shape index (κ3) is 4.44. The molecule has 1 saturated heterocycles. The van der Waals surface area contributed by atoms with Crippen molar-refractivity contribution in [2.24, 2.45) is 5.73 Å². The second kappa shape index (κ2) is 7.22. The van der Waals surface area contributed by atoms with Crippen molar-refractivity contribution in [3.8, 4) is 0 Å². The topological polar surface area (TPSA) is 46.3 Å². The third-order valence-electron chi connectivity index (χ3n) is 3.16. The number of hydrogen-bond donors (Lipinski definition) is 1. The number of nitrogens with two attached hydrogens (primary N) is 1. The Hall–Kier alpha value is -0.650. The number of carbonyl (C=O) groups is 1. The molecule has 2 rings (SSSR count). The Morgan fingerprint density at radius 2 is 2.26 bits per heavy atom. The Labute approximate surface area is 126 Å². The van der Waals surface area contributed by atoms with Crippen molar-refractivity contribution in [1.29, 1.82) is 0 Å². The molecule has 0 saturated carbocycles. The molecule has 1 amide bonds. The lowest BCUT2D eigenvalue weighted by Gasteiger charge is -2.30. The van der Waals surface area contributed by atoms with Crippen LogP contribution in [0.2, 0.25) is 0 Å². The molecule has 1 fully saturated rings. The van der Waals surface area contributed by atoms with E-state index in [-0.39, 0.29) is 36.6 Å². The normalized spacial score (nSPS) is 18.9. The second-order valence-electron chi connectivity index (χ2n) is 4.65. The van der Waals surface area contributed by atoms with Crippen LogP contribution in [0, 0.1) is 5.82 Å². The SMILES string of the molecule is Cl.N[C@@H]1CCCN(C(=O)Cc2cc(Br)ccc2F)C1. The number of hydrogen-bond acceptors (Lipinski definition) is 2. The molecule has 0 bridgehead atoms. The lowest BCUT2D eigenvalue weighted by atomic mass is 10.0. The van der Waals surface area contributed by atoms with E-state index in [0.29, 0.717) is 12.1 Å². The minimum absolute atomic E-state index is 0. The van der Waals surface area contributed by atoms with Crippen molar-refractivity contribution in [3.05, 3.63) is 34.1 Å². The maximum absolute atomic E-state index is 13.6. The van der Waals surface area contributed by atoms with Crippen LogP contribution in [0.4, 0.5) is 4.39 Å². The predicted molar refractivity (Wildman–Crippen MR) is 78.8 cm³/mol. The lowest BCUT2D eigenvalue weighted by Crippen LogP contribution is -2.46. The number of benzene rings is 1. The molecule has 1 aliphatic rings. The summed E-state index contributed by atoms with van der Waals surface area (Å²) in [7, 11) is 0. The second-order valence-corrected chi connectivity index (χ2v) is 5.57. The van der Waals surface area contributed by atoms with Crippen LogP contribution in [0.5, 0.6) is 0 Å². The van der Waals surface area contributed by atoms with E-state index >= 15 is 0 Å². The number of piperidine rings is 1. The van der Waals surface area contributed by atoms with Crippen molar-refractivity contribution in [2.75, 3.05) is 13.1 Å². The van der Waals surface area contributed by atoms with Gasteiger partial charge in [0.15, 0.2) is 0 Å². The number of halogens is 3. The number of carbonyl (C=O) groups excluding carboxylic acids is 1. The highest BCUT2D eigenvalue weighted by molar-refractivity contribution is 9.10. The molecule has 0 aliphatic carbocycles. The molecule has 2 N–H and O–H groups in total. The molecule has 0 unspecified atom stereocenters. The van der Waals surface area contributed by atoms with Gasteiger partial charge in [-0.25, -0.2) is 4.39 Å². The van der Waals surface area contributed by atoms with Crippen molar-refractivity contribution >= 4 is 34.2 Å². The summed E-state index contributed by atoms with van der Waals surface area (Å²) in [5.41, 5.74) is 6.26. The zero-order chi connectivity index (χ0) is 13.1. The quantitative estimate of drug-likeness (QED) is 0.890. The van der Waals surface area contributed by atoms with Crippen LogP contribution in [0.3, 0.4) is 0 Å². The Kier molecular flexibility index (Phi) is 6.23.